The van der Waals surface area contributed by atoms with E-state index in [9.17, 15) is 4.79 Å². The highest BCUT2D eigenvalue weighted by Crippen LogP contribution is 2.14. The number of piperidine rings is 1. The molecule has 68 valence electrons. The second-order valence-corrected chi connectivity index (χ2v) is 3.28. The number of rotatable bonds is 2. The van der Waals surface area contributed by atoms with Crippen LogP contribution < -0.4 is 5.32 Å². The normalized spacial score (nSPS) is 23.1. The van der Waals surface area contributed by atoms with Gasteiger partial charge >= 0.3 is 5.97 Å². The lowest BCUT2D eigenvalue weighted by Gasteiger charge is -2.21. The Labute approximate surface area is 77.5 Å². The number of ether oxygens (including phenoxy) is 1. The maximum atomic E-state index is 11.2. The van der Waals surface area contributed by atoms with Crippen molar-refractivity contribution >= 4 is 23.2 Å². The summed E-state index contributed by atoms with van der Waals surface area (Å²) in [6.07, 6.45) is 1.48. The molecule has 0 spiro atoms. The first-order chi connectivity index (χ1) is 5.74. The number of esters is 1. The lowest BCUT2D eigenvalue weighted by Crippen LogP contribution is -2.36. The average molecular weight is 187 g/mol. The summed E-state index contributed by atoms with van der Waals surface area (Å²) in [6.45, 7) is 3.06. The van der Waals surface area contributed by atoms with E-state index >= 15 is 0 Å². The van der Waals surface area contributed by atoms with E-state index in [0.29, 0.717) is 13.0 Å². The third-order valence-corrected chi connectivity index (χ3v) is 2.18. The van der Waals surface area contributed by atoms with Gasteiger partial charge in [-0.05, 0) is 13.3 Å². The van der Waals surface area contributed by atoms with Crippen LogP contribution in [0.5, 0.6) is 0 Å². The first-order valence-corrected chi connectivity index (χ1v) is 4.58. The first kappa shape index (κ1) is 9.45. The van der Waals surface area contributed by atoms with Gasteiger partial charge in [-0.2, -0.15) is 0 Å². The Hall–Kier alpha value is -0.640. The minimum atomic E-state index is -0.110. The molecule has 1 N–H and O–H groups in total. The van der Waals surface area contributed by atoms with Crippen LogP contribution in [0.2, 0.25) is 0 Å². The molecule has 0 unspecified atom stereocenters. The zero-order valence-corrected chi connectivity index (χ0v) is 7.95. The predicted octanol–water partition coefficient (Wildman–Crippen LogP) is 0.876. The zero-order valence-electron chi connectivity index (χ0n) is 7.13. The Morgan fingerprint density at radius 2 is 2.58 bits per heavy atom. The van der Waals surface area contributed by atoms with Crippen LogP contribution in [0, 0.1) is 5.92 Å². The van der Waals surface area contributed by atoms with Gasteiger partial charge in [0.25, 0.3) is 0 Å². The van der Waals surface area contributed by atoms with Crippen LogP contribution in [-0.4, -0.2) is 24.1 Å². The van der Waals surface area contributed by atoms with Crippen molar-refractivity contribution in [1.82, 2.24) is 5.32 Å². The van der Waals surface area contributed by atoms with E-state index in [1.165, 1.54) is 0 Å². The number of hydrogen-bond donors (Lipinski definition) is 1. The highest BCUT2D eigenvalue weighted by Gasteiger charge is 2.24. The molecule has 0 saturated carbocycles. The Kier molecular flexibility index (Phi) is 3.47. The van der Waals surface area contributed by atoms with Crippen molar-refractivity contribution in [1.29, 1.82) is 0 Å². The summed E-state index contributed by atoms with van der Waals surface area (Å²) in [7, 11) is 0. The van der Waals surface area contributed by atoms with Gasteiger partial charge in [0.05, 0.1) is 17.5 Å². The summed E-state index contributed by atoms with van der Waals surface area (Å²) >= 11 is 4.97. The average Bonchev–Trinajstić information content (AvgIpc) is 2.05. The summed E-state index contributed by atoms with van der Waals surface area (Å²) in [5.41, 5.74) is 0. The highest BCUT2D eigenvalue weighted by atomic mass is 32.1. The van der Waals surface area contributed by atoms with Crippen LogP contribution in [0.1, 0.15) is 19.8 Å². The molecule has 1 heterocycles. The second kappa shape index (κ2) is 4.40. The highest BCUT2D eigenvalue weighted by molar-refractivity contribution is 7.80. The summed E-state index contributed by atoms with van der Waals surface area (Å²) in [5, 5.41) is 3.03. The maximum Gasteiger partial charge on any atom is 0.309 e. The van der Waals surface area contributed by atoms with Crippen molar-refractivity contribution in [2.24, 2.45) is 5.92 Å². The van der Waals surface area contributed by atoms with E-state index in [1.54, 1.807) is 0 Å². The van der Waals surface area contributed by atoms with Gasteiger partial charge in [0.15, 0.2) is 0 Å². The number of nitrogens with one attached hydrogen (secondary N) is 1. The molecule has 1 fully saturated rings. The van der Waals surface area contributed by atoms with Crippen LogP contribution in [-0.2, 0) is 9.53 Å². The molecule has 4 heteroatoms. The van der Waals surface area contributed by atoms with E-state index in [-0.39, 0.29) is 11.9 Å². The fourth-order valence-electron chi connectivity index (χ4n) is 1.25. The Morgan fingerprint density at radius 1 is 1.83 bits per heavy atom. The summed E-state index contributed by atoms with van der Waals surface area (Å²) in [5.74, 6) is -0.125. The van der Waals surface area contributed by atoms with Crippen molar-refractivity contribution in [2.75, 3.05) is 13.2 Å². The molecule has 3 nitrogen and oxygen atoms in total. The van der Waals surface area contributed by atoms with Gasteiger partial charge in [-0.25, -0.2) is 0 Å². The molecule has 0 aromatic carbocycles. The Balaban J connectivity index is 2.40. The number of carbonyl (C=O) groups excluding carboxylic acids is 1. The van der Waals surface area contributed by atoms with Gasteiger partial charge in [-0.3, -0.25) is 4.79 Å². The quantitative estimate of drug-likeness (QED) is 0.514. The summed E-state index contributed by atoms with van der Waals surface area (Å²) < 4.78 is 4.90. The molecule has 0 aromatic rings. The van der Waals surface area contributed by atoms with Crippen molar-refractivity contribution in [3.8, 4) is 0 Å². The number of thiocarbonyl (C=S) groups is 1. The third kappa shape index (κ3) is 2.44. The standard InChI is InChI=1S/C8H13NO2S/c1-2-11-8(10)6-3-4-9-7(12)5-6/h6H,2-5H2,1H3,(H,9,12)/t6-/m0/s1. The largest absolute Gasteiger partial charge is 0.466 e. The van der Waals surface area contributed by atoms with Gasteiger partial charge in [-0.15, -0.1) is 0 Å². The lowest BCUT2D eigenvalue weighted by molar-refractivity contribution is -0.148. The van der Waals surface area contributed by atoms with Gasteiger partial charge < -0.3 is 10.1 Å². The fourth-order valence-corrected chi connectivity index (χ4v) is 1.55. The zero-order chi connectivity index (χ0) is 8.97. The topological polar surface area (TPSA) is 38.3 Å². The SMILES string of the molecule is CCOC(=O)[C@H]1CCNC(=S)C1. The van der Waals surface area contributed by atoms with Crippen molar-refractivity contribution in [3.05, 3.63) is 0 Å². The van der Waals surface area contributed by atoms with Crippen LogP contribution >= 0.6 is 12.2 Å². The van der Waals surface area contributed by atoms with Crippen molar-refractivity contribution in [3.63, 3.8) is 0 Å². The molecule has 0 amide bonds. The molecule has 1 rings (SSSR count). The van der Waals surface area contributed by atoms with E-state index in [4.69, 9.17) is 17.0 Å². The van der Waals surface area contributed by atoms with E-state index in [1.807, 2.05) is 6.92 Å². The van der Waals surface area contributed by atoms with Gasteiger partial charge in [0, 0.05) is 13.0 Å². The van der Waals surface area contributed by atoms with Crippen LogP contribution in [0.15, 0.2) is 0 Å². The number of carbonyl (C=O) groups is 1. The van der Waals surface area contributed by atoms with Gasteiger partial charge in [0.2, 0.25) is 0 Å². The Morgan fingerprint density at radius 3 is 3.17 bits per heavy atom. The van der Waals surface area contributed by atoms with Crippen molar-refractivity contribution in [2.45, 2.75) is 19.8 Å². The second-order valence-electron chi connectivity index (χ2n) is 2.79. The lowest BCUT2D eigenvalue weighted by atomic mass is 9.98. The molecule has 1 saturated heterocycles. The minimum absolute atomic E-state index is 0.0151. The molecule has 0 radical (unpaired) electrons. The van der Waals surface area contributed by atoms with Crippen molar-refractivity contribution < 1.29 is 9.53 Å². The molecule has 1 aliphatic rings. The van der Waals surface area contributed by atoms with Crippen LogP contribution in [0.4, 0.5) is 0 Å². The molecule has 1 atom stereocenters. The molecular formula is C8H13NO2S. The summed E-state index contributed by atoms with van der Waals surface area (Å²) in [4.78, 5) is 12.0. The molecule has 0 aromatic heterocycles. The van der Waals surface area contributed by atoms with Gasteiger partial charge in [0.1, 0.15) is 0 Å². The van der Waals surface area contributed by atoms with Crippen LogP contribution in [0.3, 0.4) is 0 Å². The molecule has 0 aliphatic carbocycles. The monoisotopic (exact) mass is 187 g/mol. The fraction of sp³-hybridized carbons (Fsp3) is 0.750. The predicted molar refractivity (Wildman–Crippen MR) is 50.0 cm³/mol. The molecular weight excluding hydrogens is 174 g/mol. The van der Waals surface area contributed by atoms with E-state index in [2.05, 4.69) is 5.32 Å². The first-order valence-electron chi connectivity index (χ1n) is 4.17. The minimum Gasteiger partial charge on any atom is -0.466 e. The summed E-state index contributed by atoms with van der Waals surface area (Å²) in [6, 6.07) is 0. The van der Waals surface area contributed by atoms with E-state index in [0.717, 1.165) is 18.0 Å². The Bertz CT molecular complexity index is 193. The maximum absolute atomic E-state index is 11.2. The smallest absolute Gasteiger partial charge is 0.309 e. The molecule has 0 bridgehead atoms. The van der Waals surface area contributed by atoms with Gasteiger partial charge in [-0.1, -0.05) is 12.2 Å². The van der Waals surface area contributed by atoms with E-state index < -0.39 is 0 Å². The molecule has 12 heavy (non-hydrogen) atoms. The number of hydrogen-bond acceptors (Lipinski definition) is 3. The van der Waals surface area contributed by atoms with Crippen LogP contribution in [0.25, 0.3) is 0 Å². The molecule has 1 aliphatic heterocycles. The third-order valence-electron chi connectivity index (χ3n) is 1.87.